The number of halogens is 1. The van der Waals surface area contributed by atoms with Gasteiger partial charge in [0.2, 0.25) is 5.75 Å². The molecule has 8 heteroatoms. The Kier molecular flexibility index (Phi) is 5.02. The Bertz CT molecular complexity index is 762. The number of benzene rings is 2. The lowest BCUT2D eigenvalue weighted by molar-refractivity contribution is -0.385. The molecule has 0 unspecified atom stereocenters. The Labute approximate surface area is 136 Å². The fraction of sp³-hybridized carbons (Fsp3) is 0.133. The van der Waals surface area contributed by atoms with Gasteiger partial charge in [0, 0.05) is 5.02 Å². The maximum atomic E-state index is 12.3. The second-order valence-electron chi connectivity index (χ2n) is 4.32. The van der Waals surface area contributed by atoms with Crippen LogP contribution in [0.3, 0.4) is 0 Å². The molecular formula is C15H12ClNO6. The first-order valence-corrected chi connectivity index (χ1v) is 6.72. The summed E-state index contributed by atoms with van der Waals surface area (Å²) in [5, 5.41) is 11.4. The highest BCUT2D eigenvalue weighted by Gasteiger charge is 2.22. The number of hydrogen-bond acceptors (Lipinski definition) is 6. The van der Waals surface area contributed by atoms with E-state index in [1.807, 2.05) is 0 Å². The van der Waals surface area contributed by atoms with Crippen molar-refractivity contribution >= 4 is 23.3 Å². The van der Waals surface area contributed by atoms with E-state index in [2.05, 4.69) is 0 Å². The molecule has 0 saturated heterocycles. The van der Waals surface area contributed by atoms with Gasteiger partial charge in [-0.2, -0.15) is 0 Å². The van der Waals surface area contributed by atoms with Crippen LogP contribution in [-0.4, -0.2) is 25.1 Å². The number of hydrogen-bond donors (Lipinski definition) is 0. The molecule has 0 aliphatic rings. The van der Waals surface area contributed by atoms with E-state index in [1.54, 1.807) is 6.07 Å². The normalized spacial score (nSPS) is 10.0. The Hall–Kier alpha value is -2.80. The topological polar surface area (TPSA) is 87.9 Å². The predicted molar refractivity (Wildman–Crippen MR) is 82.6 cm³/mol. The number of nitro benzene ring substituents is 1. The van der Waals surface area contributed by atoms with Crippen molar-refractivity contribution in [1.29, 1.82) is 0 Å². The zero-order valence-corrected chi connectivity index (χ0v) is 13.0. The lowest BCUT2D eigenvalue weighted by Crippen LogP contribution is -2.11. The van der Waals surface area contributed by atoms with Gasteiger partial charge >= 0.3 is 11.7 Å². The highest BCUT2D eigenvalue weighted by molar-refractivity contribution is 6.31. The Morgan fingerprint density at radius 1 is 1.09 bits per heavy atom. The van der Waals surface area contributed by atoms with Crippen molar-refractivity contribution in [2.45, 2.75) is 0 Å². The molecule has 0 heterocycles. The van der Waals surface area contributed by atoms with Gasteiger partial charge in [0.15, 0.2) is 0 Å². The summed E-state index contributed by atoms with van der Waals surface area (Å²) in [6.45, 7) is 0. The monoisotopic (exact) mass is 337 g/mol. The average Bonchev–Trinajstić information content (AvgIpc) is 2.54. The van der Waals surface area contributed by atoms with Crippen molar-refractivity contribution in [2.75, 3.05) is 14.2 Å². The molecule has 0 amide bonds. The summed E-state index contributed by atoms with van der Waals surface area (Å²) in [6, 6.07) is 8.31. The third-order valence-corrected chi connectivity index (χ3v) is 3.18. The molecule has 120 valence electrons. The Morgan fingerprint density at radius 3 is 2.39 bits per heavy atom. The largest absolute Gasteiger partial charge is 0.496 e. The van der Waals surface area contributed by atoms with Crippen LogP contribution in [0.25, 0.3) is 0 Å². The molecule has 2 rings (SSSR count). The van der Waals surface area contributed by atoms with Crippen LogP contribution in [0.2, 0.25) is 5.02 Å². The molecule has 0 spiro atoms. The molecule has 2 aromatic rings. The fourth-order valence-electron chi connectivity index (χ4n) is 1.85. The quantitative estimate of drug-likeness (QED) is 0.359. The highest BCUT2D eigenvalue weighted by Crippen LogP contribution is 2.32. The van der Waals surface area contributed by atoms with Gasteiger partial charge in [-0.15, -0.1) is 0 Å². The molecular weight excluding hydrogens is 326 g/mol. The fourth-order valence-corrected chi connectivity index (χ4v) is 2.02. The SMILES string of the molecule is COc1ccc(OC(=O)c2cc(Cl)ccc2OC)c([N+](=O)[O-])c1. The maximum Gasteiger partial charge on any atom is 0.347 e. The van der Waals surface area contributed by atoms with E-state index in [4.69, 9.17) is 25.8 Å². The highest BCUT2D eigenvalue weighted by atomic mass is 35.5. The van der Waals surface area contributed by atoms with Gasteiger partial charge in [-0.1, -0.05) is 11.6 Å². The van der Waals surface area contributed by atoms with Gasteiger partial charge in [-0.3, -0.25) is 10.1 Å². The van der Waals surface area contributed by atoms with E-state index in [0.717, 1.165) is 6.07 Å². The van der Waals surface area contributed by atoms with Gasteiger partial charge in [-0.25, -0.2) is 4.79 Å². The number of nitro groups is 1. The number of nitrogens with zero attached hydrogens (tertiary/aromatic N) is 1. The van der Waals surface area contributed by atoms with Gasteiger partial charge in [-0.05, 0) is 30.3 Å². The summed E-state index contributed by atoms with van der Waals surface area (Å²) in [6.07, 6.45) is 0. The van der Waals surface area contributed by atoms with Crippen LogP contribution in [-0.2, 0) is 0 Å². The van der Waals surface area contributed by atoms with Gasteiger partial charge in [0.25, 0.3) is 0 Å². The Morgan fingerprint density at radius 2 is 1.78 bits per heavy atom. The molecule has 0 atom stereocenters. The zero-order chi connectivity index (χ0) is 17.0. The molecule has 2 aromatic carbocycles. The van der Waals surface area contributed by atoms with E-state index < -0.39 is 16.6 Å². The average molecular weight is 338 g/mol. The second-order valence-corrected chi connectivity index (χ2v) is 4.76. The molecule has 0 N–H and O–H groups in total. The van der Waals surface area contributed by atoms with Gasteiger partial charge < -0.3 is 14.2 Å². The first-order valence-electron chi connectivity index (χ1n) is 6.34. The first kappa shape index (κ1) is 16.6. The smallest absolute Gasteiger partial charge is 0.347 e. The van der Waals surface area contributed by atoms with Crippen LogP contribution in [0, 0.1) is 10.1 Å². The summed E-state index contributed by atoms with van der Waals surface area (Å²) in [5.74, 6) is -0.507. The van der Waals surface area contributed by atoms with E-state index in [-0.39, 0.29) is 22.8 Å². The van der Waals surface area contributed by atoms with E-state index >= 15 is 0 Å². The molecule has 0 bridgehead atoms. The van der Waals surface area contributed by atoms with Crippen LogP contribution in [0.4, 0.5) is 5.69 Å². The summed E-state index contributed by atoms with van der Waals surface area (Å²) < 4.78 is 15.1. The van der Waals surface area contributed by atoms with Crippen LogP contribution >= 0.6 is 11.6 Å². The summed E-state index contributed by atoms with van der Waals surface area (Å²) in [5.41, 5.74) is -0.330. The minimum atomic E-state index is -0.822. The molecule has 7 nitrogen and oxygen atoms in total. The molecule has 0 radical (unpaired) electrons. The molecule has 0 saturated carbocycles. The molecule has 0 aliphatic carbocycles. The zero-order valence-electron chi connectivity index (χ0n) is 12.2. The van der Waals surface area contributed by atoms with Crippen LogP contribution < -0.4 is 14.2 Å². The number of methoxy groups -OCH3 is 2. The van der Waals surface area contributed by atoms with Crippen molar-refractivity contribution in [3.05, 3.63) is 57.1 Å². The van der Waals surface area contributed by atoms with Crippen molar-refractivity contribution in [2.24, 2.45) is 0 Å². The van der Waals surface area contributed by atoms with Crippen molar-refractivity contribution in [3.8, 4) is 17.2 Å². The molecule has 0 aliphatic heterocycles. The number of carbonyl (C=O) groups excluding carboxylic acids is 1. The third-order valence-electron chi connectivity index (χ3n) is 2.95. The van der Waals surface area contributed by atoms with Crippen LogP contribution in [0.15, 0.2) is 36.4 Å². The summed E-state index contributed by atoms with van der Waals surface area (Å²) in [4.78, 5) is 22.7. The molecule has 23 heavy (non-hydrogen) atoms. The van der Waals surface area contributed by atoms with Crippen molar-refractivity contribution < 1.29 is 23.9 Å². The van der Waals surface area contributed by atoms with Gasteiger partial charge in [0.05, 0.1) is 25.2 Å². The number of esters is 1. The summed E-state index contributed by atoms with van der Waals surface area (Å²) in [7, 11) is 2.76. The minimum absolute atomic E-state index is 0.0603. The maximum absolute atomic E-state index is 12.3. The summed E-state index contributed by atoms with van der Waals surface area (Å²) >= 11 is 5.85. The number of rotatable bonds is 5. The van der Waals surface area contributed by atoms with E-state index in [1.165, 1.54) is 38.5 Å². The van der Waals surface area contributed by atoms with Crippen molar-refractivity contribution in [3.63, 3.8) is 0 Å². The lowest BCUT2D eigenvalue weighted by Gasteiger charge is -2.09. The minimum Gasteiger partial charge on any atom is -0.496 e. The number of ether oxygens (including phenoxy) is 3. The predicted octanol–water partition coefficient (Wildman–Crippen LogP) is 3.48. The third kappa shape index (κ3) is 3.70. The standard InChI is InChI=1S/C15H12ClNO6/c1-21-10-4-6-14(12(8-10)17(19)20)23-15(18)11-7-9(16)3-5-13(11)22-2/h3-8H,1-2H3. The van der Waals surface area contributed by atoms with Gasteiger partial charge in [0.1, 0.15) is 17.1 Å². The van der Waals surface area contributed by atoms with Crippen LogP contribution in [0.1, 0.15) is 10.4 Å². The van der Waals surface area contributed by atoms with E-state index in [9.17, 15) is 14.9 Å². The number of carbonyl (C=O) groups is 1. The molecule has 0 aromatic heterocycles. The first-order chi connectivity index (χ1) is 11.0. The van der Waals surface area contributed by atoms with Crippen LogP contribution in [0.5, 0.6) is 17.2 Å². The van der Waals surface area contributed by atoms with E-state index in [0.29, 0.717) is 5.02 Å². The molecule has 0 fully saturated rings. The Balaban J connectivity index is 2.37. The lowest BCUT2D eigenvalue weighted by atomic mass is 10.2. The second kappa shape index (κ2) is 6.97. The van der Waals surface area contributed by atoms with Crippen molar-refractivity contribution in [1.82, 2.24) is 0 Å².